The fraction of sp³-hybridized carbons (Fsp3) is 0.692. The van der Waals surface area contributed by atoms with Gasteiger partial charge in [0.2, 0.25) is 0 Å². The highest BCUT2D eigenvalue weighted by Gasteiger charge is 2.32. The molecule has 1 aromatic heterocycles. The summed E-state index contributed by atoms with van der Waals surface area (Å²) in [6.07, 6.45) is 2.77. The summed E-state index contributed by atoms with van der Waals surface area (Å²) < 4.78 is 5.90. The number of nitrogens with one attached hydrogen (secondary N) is 1. The van der Waals surface area contributed by atoms with E-state index in [2.05, 4.69) is 43.6 Å². The molecule has 0 unspecified atom stereocenters. The van der Waals surface area contributed by atoms with Crippen LogP contribution < -0.4 is 5.32 Å². The first-order chi connectivity index (χ1) is 7.53. The molecule has 0 aliphatic heterocycles. The lowest BCUT2D eigenvalue weighted by Crippen LogP contribution is -2.47. The third kappa shape index (κ3) is 3.58. The van der Waals surface area contributed by atoms with Crippen LogP contribution in [0.1, 0.15) is 38.5 Å². The lowest BCUT2D eigenvalue weighted by molar-refractivity contribution is -0.102. The Morgan fingerprint density at radius 1 is 1.44 bits per heavy atom. The predicted octanol–water partition coefficient (Wildman–Crippen LogP) is 3.18. The zero-order chi connectivity index (χ0) is 11.6. The van der Waals surface area contributed by atoms with E-state index in [0.717, 1.165) is 19.4 Å². The van der Waals surface area contributed by atoms with E-state index in [9.17, 15) is 0 Å². The zero-order valence-corrected chi connectivity index (χ0v) is 11.1. The highest BCUT2D eigenvalue weighted by atomic mass is 32.1. The van der Waals surface area contributed by atoms with Crippen LogP contribution in [0.2, 0.25) is 0 Å². The Kier molecular flexibility index (Phi) is 3.67. The van der Waals surface area contributed by atoms with Crippen LogP contribution in [0.3, 0.4) is 0 Å². The van der Waals surface area contributed by atoms with Crippen molar-refractivity contribution in [2.24, 2.45) is 0 Å². The summed E-state index contributed by atoms with van der Waals surface area (Å²) in [4.78, 5) is 1.42. The average Bonchev–Trinajstić information content (AvgIpc) is 2.59. The summed E-state index contributed by atoms with van der Waals surface area (Å²) >= 11 is 1.82. The van der Waals surface area contributed by atoms with Gasteiger partial charge in [0.05, 0.1) is 11.7 Å². The molecular weight excluding hydrogens is 218 g/mol. The summed E-state index contributed by atoms with van der Waals surface area (Å²) in [5.41, 5.74) is 0.00336. The Bertz CT molecular complexity index is 309. The summed E-state index contributed by atoms with van der Waals surface area (Å²) in [5.74, 6) is 0. The molecule has 2 rings (SSSR count). The van der Waals surface area contributed by atoms with Crippen molar-refractivity contribution in [1.82, 2.24) is 5.32 Å². The molecule has 3 heteroatoms. The third-order valence-corrected chi connectivity index (χ3v) is 3.64. The van der Waals surface area contributed by atoms with Gasteiger partial charge in [0.1, 0.15) is 0 Å². The van der Waals surface area contributed by atoms with Gasteiger partial charge in [-0.15, -0.1) is 11.3 Å². The molecule has 0 spiro atoms. The molecule has 1 aliphatic rings. The second kappa shape index (κ2) is 4.86. The summed E-state index contributed by atoms with van der Waals surface area (Å²) in [5, 5.41) is 5.70. The Balaban J connectivity index is 1.62. The molecule has 1 saturated carbocycles. The van der Waals surface area contributed by atoms with Gasteiger partial charge in [-0.25, -0.2) is 0 Å². The SMILES string of the molecule is CC(C)(C)OC1CC(NCc2cccs2)C1. The van der Waals surface area contributed by atoms with Crippen LogP contribution in [0.4, 0.5) is 0 Å². The average molecular weight is 239 g/mol. The molecule has 0 radical (unpaired) electrons. The van der Waals surface area contributed by atoms with Gasteiger partial charge < -0.3 is 10.1 Å². The molecule has 0 saturated heterocycles. The van der Waals surface area contributed by atoms with Crippen molar-refractivity contribution in [3.63, 3.8) is 0 Å². The van der Waals surface area contributed by atoms with E-state index in [1.165, 1.54) is 4.88 Å². The minimum absolute atomic E-state index is 0.00336. The van der Waals surface area contributed by atoms with Crippen molar-refractivity contribution in [2.75, 3.05) is 0 Å². The van der Waals surface area contributed by atoms with Gasteiger partial charge in [-0.2, -0.15) is 0 Å². The first kappa shape index (κ1) is 12.1. The topological polar surface area (TPSA) is 21.3 Å². The molecule has 2 nitrogen and oxygen atoms in total. The molecule has 0 amide bonds. The number of rotatable bonds is 4. The van der Waals surface area contributed by atoms with E-state index in [4.69, 9.17) is 4.74 Å². The number of thiophene rings is 1. The molecule has 0 atom stereocenters. The lowest BCUT2D eigenvalue weighted by atomic mass is 9.88. The molecule has 0 bridgehead atoms. The van der Waals surface area contributed by atoms with Crippen LogP contribution in [0.25, 0.3) is 0 Å². The second-order valence-corrected chi connectivity index (χ2v) is 6.51. The van der Waals surface area contributed by atoms with Crippen molar-refractivity contribution in [3.8, 4) is 0 Å². The van der Waals surface area contributed by atoms with Crippen molar-refractivity contribution >= 4 is 11.3 Å². The highest BCUT2D eigenvalue weighted by molar-refractivity contribution is 7.09. The Morgan fingerprint density at radius 2 is 2.19 bits per heavy atom. The molecule has 1 aliphatic carbocycles. The van der Waals surface area contributed by atoms with Crippen LogP contribution in [0.5, 0.6) is 0 Å². The maximum Gasteiger partial charge on any atom is 0.0612 e. The van der Waals surface area contributed by atoms with Crippen LogP contribution in [-0.2, 0) is 11.3 Å². The van der Waals surface area contributed by atoms with Crippen molar-refractivity contribution in [3.05, 3.63) is 22.4 Å². The van der Waals surface area contributed by atoms with Crippen LogP contribution in [0.15, 0.2) is 17.5 Å². The smallest absolute Gasteiger partial charge is 0.0612 e. The summed E-state index contributed by atoms with van der Waals surface area (Å²) in [6.45, 7) is 7.38. The number of hydrogen-bond acceptors (Lipinski definition) is 3. The van der Waals surface area contributed by atoms with E-state index >= 15 is 0 Å². The molecule has 1 fully saturated rings. The lowest BCUT2D eigenvalue weighted by Gasteiger charge is -2.39. The van der Waals surface area contributed by atoms with Gasteiger partial charge in [0, 0.05) is 17.5 Å². The van der Waals surface area contributed by atoms with E-state index in [-0.39, 0.29) is 5.60 Å². The Labute approximate surface area is 102 Å². The van der Waals surface area contributed by atoms with Crippen molar-refractivity contribution in [2.45, 2.75) is 57.9 Å². The van der Waals surface area contributed by atoms with Gasteiger partial charge in [0.15, 0.2) is 0 Å². The fourth-order valence-electron chi connectivity index (χ4n) is 1.99. The molecule has 1 heterocycles. The minimum atomic E-state index is 0.00336. The molecule has 0 aromatic carbocycles. The number of ether oxygens (including phenoxy) is 1. The molecule has 16 heavy (non-hydrogen) atoms. The normalized spacial score (nSPS) is 25.4. The fourth-order valence-corrected chi connectivity index (χ4v) is 2.64. The standard InChI is InChI=1S/C13H21NOS/c1-13(2,3)15-11-7-10(8-11)14-9-12-5-4-6-16-12/h4-6,10-11,14H,7-9H2,1-3H3. The van der Waals surface area contributed by atoms with Crippen molar-refractivity contribution < 1.29 is 4.74 Å². The maximum atomic E-state index is 5.90. The van der Waals surface area contributed by atoms with Crippen LogP contribution >= 0.6 is 11.3 Å². The van der Waals surface area contributed by atoms with Gasteiger partial charge in [-0.1, -0.05) is 6.07 Å². The first-order valence-corrected chi connectivity index (χ1v) is 6.84. The molecule has 90 valence electrons. The summed E-state index contributed by atoms with van der Waals surface area (Å²) in [7, 11) is 0. The van der Waals surface area contributed by atoms with E-state index in [1.54, 1.807) is 0 Å². The van der Waals surface area contributed by atoms with Gasteiger partial charge >= 0.3 is 0 Å². The highest BCUT2D eigenvalue weighted by Crippen LogP contribution is 2.28. The molecular formula is C13H21NOS. The first-order valence-electron chi connectivity index (χ1n) is 5.96. The summed E-state index contributed by atoms with van der Waals surface area (Å²) in [6, 6.07) is 4.93. The Hall–Kier alpha value is -0.380. The van der Waals surface area contributed by atoms with E-state index in [1.807, 2.05) is 11.3 Å². The Morgan fingerprint density at radius 3 is 2.75 bits per heavy atom. The van der Waals surface area contributed by atoms with Gasteiger partial charge in [-0.05, 0) is 45.1 Å². The van der Waals surface area contributed by atoms with Crippen LogP contribution in [-0.4, -0.2) is 17.7 Å². The van der Waals surface area contributed by atoms with E-state index < -0.39 is 0 Å². The number of hydrogen-bond donors (Lipinski definition) is 1. The largest absolute Gasteiger partial charge is 0.373 e. The monoisotopic (exact) mass is 239 g/mol. The second-order valence-electron chi connectivity index (χ2n) is 5.48. The molecule has 1 aromatic rings. The van der Waals surface area contributed by atoms with Gasteiger partial charge in [0.25, 0.3) is 0 Å². The van der Waals surface area contributed by atoms with Crippen molar-refractivity contribution in [1.29, 1.82) is 0 Å². The van der Waals surface area contributed by atoms with E-state index in [0.29, 0.717) is 12.1 Å². The molecule has 1 N–H and O–H groups in total. The zero-order valence-electron chi connectivity index (χ0n) is 10.3. The third-order valence-electron chi connectivity index (χ3n) is 2.76. The van der Waals surface area contributed by atoms with Gasteiger partial charge in [-0.3, -0.25) is 0 Å². The quantitative estimate of drug-likeness (QED) is 0.871. The van der Waals surface area contributed by atoms with Crippen LogP contribution in [0, 0.1) is 0 Å². The maximum absolute atomic E-state index is 5.90. The predicted molar refractivity (Wildman–Crippen MR) is 68.8 cm³/mol. The minimum Gasteiger partial charge on any atom is -0.373 e.